The van der Waals surface area contributed by atoms with Crippen molar-refractivity contribution >= 4 is 11.6 Å². The van der Waals surface area contributed by atoms with Crippen LogP contribution in [0.4, 0.5) is 5.69 Å². The van der Waals surface area contributed by atoms with Crippen LogP contribution in [0.5, 0.6) is 0 Å². The number of primary amides is 1. The number of benzene rings is 1. The van der Waals surface area contributed by atoms with Crippen LogP contribution in [0.15, 0.2) is 48.8 Å². The molecular weight excluding hydrogens is 300 g/mol. The fourth-order valence-corrected chi connectivity index (χ4v) is 3.12. The zero-order chi connectivity index (χ0) is 16.8. The van der Waals surface area contributed by atoms with E-state index in [1.54, 1.807) is 6.20 Å². The molecule has 0 aliphatic carbocycles. The van der Waals surface area contributed by atoms with Crippen molar-refractivity contribution in [1.29, 1.82) is 0 Å². The van der Waals surface area contributed by atoms with Crippen LogP contribution in [0, 0.1) is 5.92 Å². The van der Waals surface area contributed by atoms with Gasteiger partial charge in [-0.25, -0.2) is 0 Å². The van der Waals surface area contributed by atoms with Gasteiger partial charge in [-0.3, -0.25) is 9.78 Å². The number of carbonyl (C=O) groups excluding carboxylic acids is 1. The van der Waals surface area contributed by atoms with E-state index in [2.05, 4.69) is 45.5 Å². The van der Waals surface area contributed by atoms with Crippen LogP contribution in [-0.2, 0) is 17.9 Å². The van der Waals surface area contributed by atoms with E-state index < -0.39 is 0 Å². The lowest BCUT2D eigenvalue weighted by atomic mass is 9.97. The molecule has 24 heavy (non-hydrogen) atoms. The van der Waals surface area contributed by atoms with Crippen LogP contribution in [-0.4, -0.2) is 24.0 Å². The minimum atomic E-state index is -0.184. The summed E-state index contributed by atoms with van der Waals surface area (Å²) in [6, 6.07) is 12.5. The van der Waals surface area contributed by atoms with Gasteiger partial charge >= 0.3 is 0 Å². The second-order valence-electron chi connectivity index (χ2n) is 6.32. The Morgan fingerprint density at radius 2 is 2.00 bits per heavy atom. The van der Waals surface area contributed by atoms with Gasteiger partial charge in [0.2, 0.25) is 5.91 Å². The van der Waals surface area contributed by atoms with E-state index in [1.807, 2.05) is 12.3 Å². The number of piperidine rings is 1. The highest BCUT2D eigenvalue weighted by molar-refractivity contribution is 5.77. The van der Waals surface area contributed by atoms with Crippen molar-refractivity contribution in [3.05, 3.63) is 59.9 Å². The average Bonchev–Trinajstić information content (AvgIpc) is 2.63. The number of carbonyl (C=O) groups is 1. The first-order chi connectivity index (χ1) is 11.7. The molecule has 1 saturated heterocycles. The Balaban J connectivity index is 1.52. The fraction of sp³-hybridized carbons (Fsp3) is 0.368. The van der Waals surface area contributed by atoms with Crippen molar-refractivity contribution in [2.24, 2.45) is 11.7 Å². The van der Waals surface area contributed by atoms with Gasteiger partial charge in [0.05, 0.1) is 5.92 Å². The van der Waals surface area contributed by atoms with Crippen molar-refractivity contribution in [2.75, 3.05) is 18.0 Å². The van der Waals surface area contributed by atoms with Crippen LogP contribution in [0.25, 0.3) is 0 Å². The van der Waals surface area contributed by atoms with E-state index in [-0.39, 0.29) is 11.8 Å². The van der Waals surface area contributed by atoms with Crippen LogP contribution in [0.1, 0.15) is 24.0 Å². The maximum absolute atomic E-state index is 11.4. The molecule has 0 saturated carbocycles. The second kappa shape index (κ2) is 7.93. The lowest BCUT2D eigenvalue weighted by Crippen LogP contribution is -2.41. The summed E-state index contributed by atoms with van der Waals surface area (Å²) in [5, 5.41) is 3.42. The van der Waals surface area contributed by atoms with Crippen molar-refractivity contribution in [1.82, 2.24) is 10.3 Å². The molecule has 3 rings (SSSR count). The van der Waals surface area contributed by atoms with Gasteiger partial charge in [0.1, 0.15) is 0 Å². The van der Waals surface area contributed by atoms with Gasteiger partial charge in [-0.1, -0.05) is 18.2 Å². The molecule has 0 radical (unpaired) electrons. The molecule has 0 bridgehead atoms. The molecule has 5 nitrogen and oxygen atoms in total. The maximum Gasteiger partial charge on any atom is 0.222 e. The molecule has 2 aromatic rings. The quantitative estimate of drug-likeness (QED) is 0.853. The molecule has 126 valence electrons. The maximum atomic E-state index is 11.4. The zero-order valence-corrected chi connectivity index (χ0v) is 13.8. The predicted molar refractivity (Wildman–Crippen MR) is 95.4 cm³/mol. The Hall–Kier alpha value is -2.40. The Kier molecular flexibility index (Phi) is 5.43. The zero-order valence-electron chi connectivity index (χ0n) is 13.8. The van der Waals surface area contributed by atoms with Gasteiger partial charge in [-0.05, 0) is 42.2 Å². The summed E-state index contributed by atoms with van der Waals surface area (Å²) in [5.74, 6) is -0.213. The highest BCUT2D eigenvalue weighted by Gasteiger charge is 2.23. The van der Waals surface area contributed by atoms with Gasteiger partial charge < -0.3 is 16.0 Å². The molecule has 1 amide bonds. The Morgan fingerprint density at radius 3 is 2.71 bits per heavy atom. The number of hydrogen-bond acceptors (Lipinski definition) is 4. The smallest absolute Gasteiger partial charge is 0.222 e. The number of nitrogens with two attached hydrogens (primary N) is 1. The molecular formula is C19H24N4O. The Bertz CT molecular complexity index is 657. The lowest BCUT2D eigenvalue weighted by molar-refractivity contribution is -0.122. The van der Waals surface area contributed by atoms with E-state index >= 15 is 0 Å². The van der Waals surface area contributed by atoms with Crippen LogP contribution in [0.3, 0.4) is 0 Å². The van der Waals surface area contributed by atoms with Gasteiger partial charge in [-0.15, -0.1) is 0 Å². The topological polar surface area (TPSA) is 71.2 Å². The summed E-state index contributed by atoms with van der Waals surface area (Å²) in [4.78, 5) is 17.8. The number of aromatic nitrogens is 1. The number of nitrogens with zero attached hydrogens (tertiary/aromatic N) is 2. The standard InChI is InChI=1S/C19H24N4O/c20-19(24)17-4-2-10-23(14-17)18-7-5-15(6-8-18)11-22-13-16-3-1-9-21-12-16/h1,3,5-9,12,17,22H,2,4,10-11,13-14H2,(H2,20,24)/t17-/m1/s1. The van der Waals surface area contributed by atoms with E-state index in [0.717, 1.165) is 44.7 Å². The number of amides is 1. The third-order valence-corrected chi connectivity index (χ3v) is 4.51. The molecule has 1 aromatic carbocycles. The molecule has 0 unspecified atom stereocenters. The second-order valence-corrected chi connectivity index (χ2v) is 6.32. The molecule has 1 fully saturated rings. The van der Waals surface area contributed by atoms with Gasteiger partial charge in [-0.2, -0.15) is 0 Å². The van der Waals surface area contributed by atoms with Crippen molar-refractivity contribution in [3.63, 3.8) is 0 Å². The van der Waals surface area contributed by atoms with Gasteiger partial charge in [0.25, 0.3) is 0 Å². The summed E-state index contributed by atoms with van der Waals surface area (Å²) < 4.78 is 0. The van der Waals surface area contributed by atoms with Crippen molar-refractivity contribution in [2.45, 2.75) is 25.9 Å². The minimum Gasteiger partial charge on any atom is -0.371 e. The van der Waals surface area contributed by atoms with Gasteiger partial charge in [0, 0.05) is 44.3 Å². The number of nitrogens with one attached hydrogen (secondary N) is 1. The first-order valence-corrected chi connectivity index (χ1v) is 8.45. The first-order valence-electron chi connectivity index (χ1n) is 8.45. The van der Waals surface area contributed by atoms with Gasteiger partial charge in [0.15, 0.2) is 0 Å². The normalized spacial score (nSPS) is 17.7. The summed E-state index contributed by atoms with van der Waals surface area (Å²) in [5.41, 5.74) is 9.04. The third-order valence-electron chi connectivity index (χ3n) is 4.51. The third kappa shape index (κ3) is 4.32. The molecule has 1 aliphatic rings. The lowest BCUT2D eigenvalue weighted by Gasteiger charge is -2.33. The summed E-state index contributed by atoms with van der Waals surface area (Å²) in [6.45, 7) is 3.34. The van der Waals surface area contributed by atoms with Crippen LogP contribution in [0.2, 0.25) is 0 Å². The predicted octanol–water partition coefficient (Wildman–Crippen LogP) is 2.07. The molecule has 1 atom stereocenters. The number of pyridine rings is 1. The minimum absolute atomic E-state index is 0.0282. The summed E-state index contributed by atoms with van der Waals surface area (Å²) >= 11 is 0. The van der Waals surface area contributed by atoms with E-state index in [9.17, 15) is 4.79 Å². The van der Waals surface area contributed by atoms with Crippen molar-refractivity contribution in [3.8, 4) is 0 Å². The number of hydrogen-bond donors (Lipinski definition) is 2. The Morgan fingerprint density at radius 1 is 1.21 bits per heavy atom. The molecule has 3 N–H and O–H groups in total. The highest BCUT2D eigenvalue weighted by atomic mass is 16.1. The average molecular weight is 324 g/mol. The molecule has 1 aromatic heterocycles. The van der Waals surface area contributed by atoms with Crippen LogP contribution < -0.4 is 16.0 Å². The van der Waals surface area contributed by atoms with E-state index in [1.165, 1.54) is 11.1 Å². The summed E-state index contributed by atoms with van der Waals surface area (Å²) in [6.07, 6.45) is 5.58. The fourth-order valence-electron chi connectivity index (χ4n) is 3.12. The molecule has 0 spiro atoms. The number of anilines is 1. The van der Waals surface area contributed by atoms with E-state index in [0.29, 0.717) is 0 Å². The Labute approximate surface area is 142 Å². The van der Waals surface area contributed by atoms with E-state index in [4.69, 9.17) is 5.73 Å². The molecule has 1 aliphatic heterocycles. The number of rotatable bonds is 6. The molecule has 5 heteroatoms. The van der Waals surface area contributed by atoms with Crippen molar-refractivity contribution < 1.29 is 4.79 Å². The van der Waals surface area contributed by atoms with Crippen LogP contribution >= 0.6 is 0 Å². The summed E-state index contributed by atoms with van der Waals surface area (Å²) in [7, 11) is 0. The molecule has 2 heterocycles. The SMILES string of the molecule is NC(=O)[C@@H]1CCCN(c2ccc(CNCc3cccnc3)cc2)C1. The largest absolute Gasteiger partial charge is 0.371 e. The highest BCUT2D eigenvalue weighted by Crippen LogP contribution is 2.23. The monoisotopic (exact) mass is 324 g/mol. The first kappa shape index (κ1) is 16.5.